The van der Waals surface area contributed by atoms with Crippen LogP contribution in [0, 0.1) is 6.92 Å². The summed E-state index contributed by atoms with van der Waals surface area (Å²) in [6, 6.07) is 19.7. The van der Waals surface area contributed by atoms with Crippen molar-refractivity contribution in [2.75, 3.05) is 18.0 Å². The van der Waals surface area contributed by atoms with Gasteiger partial charge in [-0.2, -0.15) is 10.1 Å². The van der Waals surface area contributed by atoms with Crippen molar-refractivity contribution in [2.24, 2.45) is 0 Å². The van der Waals surface area contributed by atoms with Crippen LogP contribution in [0.3, 0.4) is 0 Å². The third-order valence-corrected chi connectivity index (χ3v) is 6.73. The number of hydrogen-bond donors (Lipinski definition) is 1. The molecule has 0 aliphatic carbocycles. The maximum atomic E-state index is 12.4. The Bertz CT molecular complexity index is 1160. The number of fused-ring (bicyclic) bond motifs is 1. The van der Waals surface area contributed by atoms with Gasteiger partial charge >= 0.3 is 0 Å². The zero-order valence-corrected chi connectivity index (χ0v) is 17.6. The summed E-state index contributed by atoms with van der Waals surface area (Å²) in [4.78, 5) is 19.7. The van der Waals surface area contributed by atoms with Gasteiger partial charge in [0.05, 0.1) is 16.1 Å². The number of thiazole rings is 1. The minimum Gasteiger partial charge on any atom is -0.349 e. The molecule has 0 saturated carbocycles. The van der Waals surface area contributed by atoms with Crippen LogP contribution in [-0.2, 0) is 0 Å². The Morgan fingerprint density at radius 1 is 1.03 bits per heavy atom. The van der Waals surface area contributed by atoms with E-state index in [0.29, 0.717) is 5.56 Å². The van der Waals surface area contributed by atoms with Gasteiger partial charge in [-0.05, 0) is 44.0 Å². The largest absolute Gasteiger partial charge is 0.349 e. The highest BCUT2D eigenvalue weighted by Gasteiger charge is 2.24. The second-order valence-corrected chi connectivity index (χ2v) is 8.56. The van der Waals surface area contributed by atoms with Crippen LogP contribution in [0.25, 0.3) is 16.0 Å². The number of rotatable bonds is 4. The molecule has 1 fully saturated rings. The fraction of sp³-hybridized carbons (Fsp3) is 0.261. The summed E-state index contributed by atoms with van der Waals surface area (Å²) in [7, 11) is 0. The molecule has 0 radical (unpaired) electrons. The van der Waals surface area contributed by atoms with Gasteiger partial charge in [0.2, 0.25) is 0 Å². The molecule has 2 aromatic carbocycles. The molecule has 1 amide bonds. The lowest BCUT2D eigenvalue weighted by Gasteiger charge is -2.32. The average molecular weight is 418 g/mol. The van der Waals surface area contributed by atoms with E-state index in [0.717, 1.165) is 52.8 Å². The molecule has 152 valence electrons. The molecule has 0 atom stereocenters. The fourth-order valence-electron chi connectivity index (χ4n) is 3.88. The maximum Gasteiger partial charge on any atom is 0.251 e. The number of para-hydroxylation sites is 1. The van der Waals surface area contributed by atoms with E-state index in [-0.39, 0.29) is 11.9 Å². The molecule has 4 aromatic rings. The van der Waals surface area contributed by atoms with E-state index in [9.17, 15) is 4.79 Å². The Morgan fingerprint density at radius 2 is 1.70 bits per heavy atom. The number of piperidine rings is 1. The molecule has 1 aliphatic rings. The SMILES string of the molecule is Cc1nn(-c2ccccc2)c2nc(N3CCC(NC(=O)c4ccccc4)CC3)sc12. The number of aryl methyl sites for hydroxylation is 1. The van der Waals surface area contributed by atoms with E-state index >= 15 is 0 Å². The maximum absolute atomic E-state index is 12.4. The molecule has 1 N–H and O–H groups in total. The Labute approximate surface area is 179 Å². The van der Waals surface area contributed by atoms with Gasteiger partial charge in [-0.1, -0.05) is 47.7 Å². The Hall–Kier alpha value is -3.19. The number of carbonyl (C=O) groups is 1. The highest BCUT2D eigenvalue weighted by molar-refractivity contribution is 7.22. The summed E-state index contributed by atoms with van der Waals surface area (Å²) in [5.74, 6) is 0.00705. The van der Waals surface area contributed by atoms with E-state index in [4.69, 9.17) is 4.98 Å². The second-order valence-electron chi connectivity index (χ2n) is 7.58. The quantitative estimate of drug-likeness (QED) is 0.541. The van der Waals surface area contributed by atoms with Crippen molar-refractivity contribution in [3.05, 3.63) is 71.9 Å². The van der Waals surface area contributed by atoms with Crippen LogP contribution in [0.4, 0.5) is 5.13 Å². The summed E-state index contributed by atoms with van der Waals surface area (Å²) in [6.07, 6.45) is 1.83. The first-order valence-electron chi connectivity index (χ1n) is 10.2. The first-order chi connectivity index (χ1) is 14.7. The van der Waals surface area contributed by atoms with E-state index in [1.165, 1.54) is 0 Å². The number of anilines is 1. The Morgan fingerprint density at radius 3 is 2.40 bits per heavy atom. The molecule has 1 saturated heterocycles. The van der Waals surface area contributed by atoms with Crippen LogP contribution in [0.2, 0.25) is 0 Å². The van der Waals surface area contributed by atoms with Crippen LogP contribution in [0.1, 0.15) is 28.9 Å². The van der Waals surface area contributed by atoms with Gasteiger partial charge in [0.15, 0.2) is 10.8 Å². The van der Waals surface area contributed by atoms with Gasteiger partial charge in [-0.25, -0.2) is 4.68 Å². The summed E-state index contributed by atoms with van der Waals surface area (Å²) < 4.78 is 3.06. The van der Waals surface area contributed by atoms with Crippen LogP contribution >= 0.6 is 11.3 Å². The van der Waals surface area contributed by atoms with Crippen molar-refractivity contribution in [2.45, 2.75) is 25.8 Å². The lowest BCUT2D eigenvalue weighted by molar-refractivity contribution is 0.0931. The van der Waals surface area contributed by atoms with Gasteiger partial charge in [-0.3, -0.25) is 4.79 Å². The number of aromatic nitrogens is 3. The van der Waals surface area contributed by atoms with Crippen LogP contribution in [-0.4, -0.2) is 39.8 Å². The third kappa shape index (κ3) is 3.57. The topological polar surface area (TPSA) is 63.1 Å². The van der Waals surface area contributed by atoms with Gasteiger partial charge in [0.25, 0.3) is 5.91 Å². The van der Waals surface area contributed by atoms with Crippen molar-refractivity contribution >= 4 is 32.7 Å². The minimum absolute atomic E-state index is 0.00705. The number of carbonyl (C=O) groups excluding carboxylic acids is 1. The molecule has 5 rings (SSSR count). The van der Waals surface area contributed by atoms with Crippen molar-refractivity contribution in [3.63, 3.8) is 0 Å². The molecule has 30 heavy (non-hydrogen) atoms. The normalized spacial score (nSPS) is 14.9. The zero-order chi connectivity index (χ0) is 20.5. The molecule has 0 spiro atoms. The Balaban J connectivity index is 1.29. The van der Waals surface area contributed by atoms with E-state index in [1.807, 2.05) is 72.3 Å². The van der Waals surface area contributed by atoms with Crippen LogP contribution in [0.15, 0.2) is 60.7 Å². The van der Waals surface area contributed by atoms with Gasteiger partial charge in [0, 0.05) is 24.7 Å². The predicted octanol–water partition coefficient (Wildman–Crippen LogP) is 4.19. The summed E-state index contributed by atoms with van der Waals surface area (Å²) in [5, 5.41) is 8.88. The zero-order valence-electron chi connectivity index (χ0n) is 16.8. The standard InChI is InChI=1S/C23H23N5OS/c1-16-20-21(28(26-16)19-10-6-3-7-11-19)25-23(30-20)27-14-12-18(13-15-27)24-22(29)17-8-4-2-5-9-17/h2-11,18H,12-15H2,1H3,(H,24,29). The van der Waals surface area contributed by atoms with Crippen molar-refractivity contribution in [1.82, 2.24) is 20.1 Å². The monoisotopic (exact) mass is 417 g/mol. The molecule has 1 aliphatic heterocycles. The number of hydrogen-bond acceptors (Lipinski definition) is 5. The Kier molecular flexibility index (Phi) is 4.96. The smallest absolute Gasteiger partial charge is 0.251 e. The number of benzene rings is 2. The number of nitrogens with one attached hydrogen (secondary N) is 1. The molecule has 2 aromatic heterocycles. The summed E-state index contributed by atoms with van der Waals surface area (Å²) in [5.41, 5.74) is 3.66. The van der Waals surface area contributed by atoms with Crippen molar-refractivity contribution < 1.29 is 4.79 Å². The van der Waals surface area contributed by atoms with Crippen LogP contribution in [0.5, 0.6) is 0 Å². The van der Waals surface area contributed by atoms with Crippen molar-refractivity contribution in [1.29, 1.82) is 0 Å². The lowest BCUT2D eigenvalue weighted by atomic mass is 10.0. The second kappa shape index (κ2) is 7.91. The van der Waals surface area contributed by atoms with Crippen molar-refractivity contribution in [3.8, 4) is 5.69 Å². The first-order valence-corrected chi connectivity index (χ1v) is 11.0. The van der Waals surface area contributed by atoms with E-state index < -0.39 is 0 Å². The molecular weight excluding hydrogens is 394 g/mol. The fourth-order valence-corrected chi connectivity index (χ4v) is 4.92. The highest BCUT2D eigenvalue weighted by atomic mass is 32.1. The summed E-state index contributed by atoms with van der Waals surface area (Å²) in [6.45, 7) is 3.80. The van der Waals surface area contributed by atoms with Gasteiger partial charge in [-0.15, -0.1) is 0 Å². The van der Waals surface area contributed by atoms with Crippen LogP contribution < -0.4 is 10.2 Å². The van der Waals surface area contributed by atoms with Gasteiger partial charge < -0.3 is 10.2 Å². The minimum atomic E-state index is 0.00705. The lowest BCUT2D eigenvalue weighted by Crippen LogP contribution is -2.44. The number of nitrogens with zero attached hydrogens (tertiary/aromatic N) is 4. The first kappa shape index (κ1) is 18.8. The molecule has 3 heterocycles. The van der Waals surface area contributed by atoms with E-state index in [1.54, 1.807) is 11.3 Å². The molecular formula is C23H23N5OS. The highest BCUT2D eigenvalue weighted by Crippen LogP contribution is 2.33. The van der Waals surface area contributed by atoms with Gasteiger partial charge in [0.1, 0.15) is 0 Å². The molecule has 0 bridgehead atoms. The molecule has 6 nitrogen and oxygen atoms in total. The number of amides is 1. The predicted molar refractivity (Wildman–Crippen MR) is 121 cm³/mol. The molecule has 7 heteroatoms. The molecule has 0 unspecified atom stereocenters. The summed E-state index contributed by atoms with van der Waals surface area (Å²) >= 11 is 1.70. The third-order valence-electron chi connectivity index (χ3n) is 5.51. The average Bonchev–Trinajstić information content (AvgIpc) is 3.36. The van der Waals surface area contributed by atoms with E-state index in [2.05, 4.69) is 15.3 Å².